The highest BCUT2D eigenvalue weighted by atomic mass is 16.5. The summed E-state index contributed by atoms with van der Waals surface area (Å²) < 4.78 is 12.1. The van der Waals surface area contributed by atoms with Crippen molar-refractivity contribution in [1.29, 1.82) is 0 Å². The predicted octanol–water partition coefficient (Wildman–Crippen LogP) is 1.69. The monoisotopic (exact) mass is 305 g/mol. The second-order valence-corrected chi connectivity index (χ2v) is 5.26. The summed E-state index contributed by atoms with van der Waals surface area (Å²) in [5.74, 6) is -0.0512. The number of amides is 1. The van der Waals surface area contributed by atoms with Crippen LogP contribution in [0.5, 0.6) is 0 Å². The van der Waals surface area contributed by atoms with Crippen LogP contribution in [0.15, 0.2) is 18.3 Å². The van der Waals surface area contributed by atoms with E-state index in [9.17, 15) is 4.79 Å². The van der Waals surface area contributed by atoms with Crippen LogP contribution in [0.2, 0.25) is 0 Å². The quantitative estimate of drug-likeness (QED) is 0.781. The van der Waals surface area contributed by atoms with E-state index in [2.05, 4.69) is 4.98 Å². The van der Waals surface area contributed by atoms with E-state index in [1.165, 1.54) is 0 Å². The molecule has 0 fully saturated rings. The lowest BCUT2D eigenvalue weighted by molar-refractivity contribution is 0.0620. The average Bonchev–Trinajstić information content (AvgIpc) is 2.82. The summed E-state index contributed by atoms with van der Waals surface area (Å²) in [6.07, 6.45) is 1.94. The molecule has 1 amide bonds. The number of carbonyl (C=O) groups excluding carboxylic acids is 1. The molecule has 0 aliphatic rings. The Morgan fingerprint density at radius 1 is 1.18 bits per heavy atom. The first kappa shape index (κ1) is 16.5. The smallest absolute Gasteiger partial charge is 0.272 e. The van der Waals surface area contributed by atoms with Crippen molar-refractivity contribution in [2.75, 3.05) is 40.5 Å². The lowest BCUT2D eigenvalue weighted by atomic mass is 10.2. The van der Waals surface area contributed by atoms with Gasteiger partial charge in [-0.05, 0) is 25.5 Å². The lowest BCUT2D eigenvalue weighted by Crippen LogP contribution is -2.37. The number of aromatic nitrogens is 2. The molecule has 0 atom stereocenters. The number of imidazole rings is 1. The molecular weight excluding hydrogens is 282 g/mol. The van der Waals surface area contributed by atoms with E-state index >= 15 is 0 Å². The second-order valence-electron chi connectivity index (χ2n) is 5.26. The van der Waals surface area contributed by atoms with Crippen LogP contribution in [-0.4, -0.2) is 60.7 Å². The van der Waals surface area contributed by atoms with Crippen LogP contribution in [0.3, 0.4) is 0 Å². The number of fused-ring (bicyclic) bond motifs is 1. The number of pyridine rings is 1. The van der Waals surface area contributed by atoms with Gasteiger partial charge in [-0.3, -0.25) is 9.20 Å². The van der Waals surface area contributed by atoms with Crippen molar-refractivity contribution < 1.29 is 14.3 Å². The molecule has 0 aromatic carbocycles. The van der Waals surface area contributed by atoms with Crippen LogP contribution in [0.1, 0.15) is 21.7 Å². The Bertz CT molecular complexity index is 643. The van der Waals surface area contributed by atoms with E-state index < -0.39 is 0 Å². The van der Waals surface area contributed by atoms with Crippen LogP contribution in [0.25, 0.3) is 5.65 Å². The predicted molar refractivity (Wildman–Crippen MR) is 84.3 cm³/mol. The standard InChI is InChI=1S/C16H23N3O3/c1-12-5-6-14-17-13(2)15(19(14)11-12)16(20)18(7-9-21-3)8-10-22-4/h5-6,11H,7-10H2,1-4H3. The highest BCUT2D eigenvalue weighted by molar-refractivity contribution is 5.94. The Kier molecular flexibility index (Phi) is 5.51. The molecule has 0 saturated heterocycles. The van der Waals surface area contributed by atoms with Crippen LogP contribution in [0.4, 0.5) is 0 Å². The Labute approximate surface area is 130 Å². The van der Waals surface area contributed by atoms with Crippen LogP contribution < -0.4 is 0 Å². The number of nitrogens with zero attached hydrogens (tertiary/aromatic N) is 3. The average molecular weight is 305 g/mol. The van der Waals surface area contributed by atoms with E-state index in [0.29, 0.717) is 32.0 Å². The van der Waals surface area contributed by atoms with Crippen LogP contribution in [-0.2, 0) is 9.47 Å². The molecule has 0 radical (unpaired) electrons. The molecule has 0 aliphatic carbocycles. The van der Waals surface area contributed by atoms with Gasteiger partial charge in [0.1, 0.15) is 11.3 Å². The molecule has 6 heteroatoms. The van der Waals surface area contributed by atoms with E-state index in [1.807, 2.05) is 36.6 Å². The van der Waals surface area contributed by atoms with Crippen molar-refractivity contribution in [3.63, 3.8) is 0 Å². The number of rotatable bonds is 7. The molecule has 22 heavy (non-hydrogen) atoms. The van der Waals surface area contributed by atoms with Crippen molar-refractivity contribution in [2.24, 2.45) is 0 Å². The minimum absolute atomic E-state index is 0.0512. The van der Waals surface area contributed by atoms with Gasteiger partial charge in [0.2, 0.25) is 0 Å². The third-order valence-electron chi connectivity index (χ3n) is 3.56. The molecule has 2 aromatic rings. The van der Waals surface area contributed by atoms with Gasteiger partial charge in [-0.15, -0.1) is 0 Å². The molecule has 2 aromatic heterocycles. The zero-order chi connectivity index (χ0) is 16.1. The fourth-order valence-corrected chi connectivity index (χ4v) is 2.39. The summed E-state index contributed by atoms with van der Waals surface area (Å²) in [5, 5.41) is 0. The molecule has 0 spiro atoms. The van der Waals surface area contributed by atoms with Gasteiger partial charge in [-0.1, -0.05) is 6.07 Å². The lowest BCUT2D eigenvalue weighted by Gasteiger charge is -2.22. The van der Waals surface area contributed by atoms with Gasteiger partial charge in [0.25, 0.3) is 5.91 Å². The molecule has 0 aliphatic heterocycles. The zero-order valence-corrected chi connectivity index (χ0v) is 13.6. The van der Waals surface area contributed by atoms with Gasteiger partial charge in [-0.25, -0.2) is 4.98 Å². The largest absolute Gasteiger partial charge is 0.383 e. The van der Waals surface area contributed by atoms with Crippen molar-refractivity contribution in [3.8, 4) is 0 Å². The normalized spacial score (nSPS) is 11.1. The first-order valence-electron chi connectivity index (χ1n) is 7.31. The Morgan fingerprint density at radius 3 is 2.41 bits per heavy atom. The molecule has 2 rings (SSSR count). The van der Waals surface area contributed by atoms with Gasteiger partial charge < -0.3 is 14.4 Å². The fourth-order valence-electron chi connectivity index (χ4n) is 2.39. The molecule has 2 heterocycles. The summed E-state index contributed by atoms with van der Waals surface area (Å²) in [6.45, 7) is 5.89. The Morgan fingerprint density at radius 2 is 1.82 bits per heavy atom. The summed E-state index contributed by atoms with van der Waals surface area (Å²) in [4.78, 5) is 19.1. The number of hydrogen-bond donors (Lipinski definition) is 0. The van der Waals surface area contributed by atoms with E-state index in [4.69, 9.17) is 9.47 Å². The highest BCUT2D eigenvalue weighted by Gasteiger charge is 2.22. The Balaban J connectivity index is 2.36. The van der Waals surface area contributed by atoms with Crippen LogP contribution >= 0.6 is 0 Å². The SMILES string of the molecule is COCCN(CCOC)C(=O)c1c(C)nc2ccc(C)cn12. The van der Waals surface area contributed by atoms with E-state index in [-0.39, 0.29) is 5.91 Å². The summed E-state index contributed by atoms with van der Waals surface area (Å²) in [6, 6.07) is 3.91. The molecule has 120 valence electrons. The number of carbonyl (C=O) groups is 1. The molecule has 6 nitrogen and oxygen atoms in total. The molecular formula is C16H23N3O3. The Hall–Kier alpha value is -1.92. The van der Waals surface area contributed by atoms with Crippen molar-refractivity contribution in [1.82, 2.24) is 14.3 Å². The van der Waals surface area contributed by atoms with Gasteiger partial charge in [0.15, 0.2) is 0 Å². The maximum atomic E-state index is 12.9. The maximum Gasteiger partial charge on any atom is 0.272 e. The van der Waals surface area contributed by atoms with Crippen molar-refractivity contribution in [2.45, 2.75) is 13.8 Å². The number of methoxy groups -OCH3 is 2. The molecule has 0 N–H and O–H groups in total. The van der Waals surface area contributed by atoms with E-state index in [1.54, 1.807) is 19.1 Å². The minimum atomic E-state index is -0.0512. The zero-order valence-electron chi connectivity index (χ0n) is 13.6. The first-order valence-corrected chi connectivity index (χ1v) is 7.31. The number of ether oxygens (including phenoxy) is 2. The summed E-state index contributed by atoms with van der Waals surface area (Å²) >= 11 is 0. The molecule has 0 unspecified atom stereocenters. The summed E-state index contributed by atoms with van der Waals surface area (Å²) in [5.41, 5.74) is 3.20. The first-order chi connectivity index (χ1) is 10.6. The van der Waals surface area contributed by atoms with Crippen molar-refractivity contribution >= 4 is 11.6 Å². The van der Waals surface area contributed by atoms with Gasteiger partial charge in [-0.2, -0.15) is 0 Å². The summed E-state index contributed by atoms with van der Waals surface area (Å²) in [7, 11) is 3.25. The van der Waals surface area contributed by atoms with Crippen LogP contribution in [0, 0.1) is 13.8 Å². The number of hydrogen-bond acceptors (Lipinski definition) is 4. The number of aryl methyl sites for hydroxylation is 2. The van der Waals surface area contributed by atoms with Crippen molar-refractivity contribution in [3.05, 3.63) is 35.3 Å². The fraction of sp³-hybridized carbons (Fsp3) is 0.500. The topological polar surface area (TPSA) is 56.1 Å². The van der Waals surface area contributed by atoms with E-state index in [0.717, 1.165) is 16.9 Å². The second kappa shape index (κ2) is 7.38. The molecule has 0 bridgehead atoms. The maximum absolute atomic E-state index is 12.9. The van der Waals surface area contributed by atoms with Gasteiger partial charge in [0, 0.05) is 33.5 Å². The third-order valence-corrected chi connectivity index (χ3v) is 3.56. The minimum Gasteiger partial charge on any atom is -0.383 e. The molecule has 0 saturated carbocycles. The van der Waals surface area contributed by atoms with Gasteiger partial charge >= 0.3 is 0 Å². The highest BCUT2D eigenvalue weighted by Crippen LogP contribution is 2.15. The van der Waals surface area contributed by atoms with Gasteiger partial charge in [0.05, 0.1) is 18.9 Å². The third kappa shape index (κ3) is 3.45.